The second kappa shape index (κ2) is 7.97. The summed E-state index contributed by atoms with van der Waals surface area (Å²) in [7, 11) is 0. The van der Waals surface area contributed by atoms with Gasteiger partial charge in [-0.15, -0.1) is 0 Å². The molecule has 0 spiro atoms. The first-order valence-electron chi connectivity index (χ1n) is 9.19. The summed E-state index contributed by atoms with van der Waals surface area (Å²) in [4.78, 5) is 28.3. The van der Waals surface area contributed by atoms with E-state index in [0.29, 0.717) is 16.6 Å². The highest BCUT2D eigenvalue weighted by molar-refractivity contribution is 6.05. The zero-order valence-electron chi connectivity index (χ0n) is 17.0. The van der Waals surface area contributed by atoms with Gasteiger partial charge in [0.05, 0.1) is 17.9 Å². The quantitative estimate of drug-likeness (QED) is 0.624. The van der Waals surface area contributed by atoms with E-state index in [1.165, 1.54) is 29.2 Å². The third-order valence-electron chi connectivity index (χ3n) is 3.99. The molecule has 158 valence electrons. The van der Waals surface area contributed by atoms with Gasteiger partial charge in [-0.1, -0.05) is 6.07 Å². The van der Waals surface area contributed by atoms with Crippen LogP contribution in [0.15, 0.2) is 30.7 Å². The van der Waals surface area contributed by atoms with Crippen molar-refractivity contribution in [3.63, 3.8) is 0 Å². The van der Waals surface area contributed by atoms with E-state index >= 15 is 0 Å². The number of rotatable bonds is 4. The molecule has 30 heavy (non-hydrogen) atoms. The standard InChI is InChI=1S/C20H22FN5O4/c1-5-29-18(27)12-9-26-16(17(22)23-10-24-26)15(12)11-6-7-14(13(21)8-11)25-19(28)30-20(2,3)4/h6-10H,5H2,1-4H3,(H,25,28)(H2,22,23,24). The van der Waals surface area contributed by atoms with Gasteiger partial charge in [0.1, 0.15) is 23.3 Å². The fourth-order valence-electron chi connectivity index (χ4n) is 2.88. The van der Waals surface area contributed by atoms with Crippen LogP contribution in [0.2, 0.25) is 0 Å². The molecule has 0 bridgehead atoms. The molecule has 3 N–H and O–H groups in total. The van der Waals surface area contributed by atoms with Crippen molar-refractivity contribution in [2.24, 2.45) is 0 Å². The van der Waals surface area contributed by atoms with Crippen LogP contribution in [0.5, 0.6) is 0 Å². The fourth-order valence-corrected chi connectivity index (χ4v) is 2.88. The number of halogens is 1. The predicted octanol–water partition coefficient (Wildman–Crippen LogP) is 3.64. The predicted molar refractivity (Wildman–Crippen MR) is 109 cm³/mol. The number of nitrogens with one attached hydrogen (secondary N) is 1. The highest BCUT2D eigenvalue weighted by Gasteiger charge is 2.24. The zero-order valence-corrected chi connectivity index (χ0v) is 17.0. The number of benzene rings is 1. The first-order chi connectivity index (χ1) is 14.1. The summed E-state index contributed by atoms with van der Waals surface area (Å²) in [5, 5.41) is 6.42. The lowest BCUT2D eigenvalue weighted by atomic mass is 10.0. The van der Waals surface area contributed by atoms with Crippen molar-refractivity contribution >= 4 is 29.1 Å². The number of carbonyl (C=O) groups excluding carboxylic acids is 2. The molecule has 10 heteroatoms. The molecule has 2 aromatic heterocycles. The van der Waals surface area contributed by atoms with Crippen LogP contribution >= 0.6 is 0 Å². The molecule has 0 unspecified atom stereocenters. The number of esters is 1. The summed E-state index contributed by atoms with van der Waals surface area (Å²) in [6.07, 6.45) is 1.91. The molecule has 2 heterocycles. The molecule has 0 aliphatic carbocycles. The Bertz CT molecular complexity index is 1120. The number of hydrogen-bond donors (Lipinski definition) is 2. The normalized spacial score (nSPS) is 11.4. The fraction of sp³-hybridized carbons (Fsp3) is 0.300. The molecule has 1 amide bonds. The third kappa shape index (κ3) is 4.32. The Morgan fingerprint density at radius 1 is 1.30 bits per heavy atom. The van der Waals surface area contributed by atoms with Crippen molar-refractivity contribution in [2.75, 3.05) is 17.7 Å². The second-order valence-electron chi connectivity index (χ2n) is 7.40. The molecule has 9 nitrogen and oxygen atoms in total. The van der Waals surface area contributed by atoms with Crippen LogP contribution in [-0.2, 0) is 9.47 Å². The van der Waals surface area contributed by atoms with E-state index in [1.54, 1.807) is 33.8 Å². The minimum Gasteiger partial charge on any atom is -0.462 e. The minimum absolute atomic E-state index is 0.0709. The first-order valence-corrected chi connectivity index (χ1v) is 9.19. The van der Waals surface area contributed by atoms with E-state index in [-0.39, 0.29) is 23.7 Å². The molecule has 1 aromatic carbocycles. The van der Waals surface area contributed by atoms with E-state index in [1.807, 2.05) is 0 Å². The number of ether oxygens (including phenoxy) is 2. The van der Waals surface area contributed by atoms with Crippen LogP contribution < -0.4 is 11.1 Å². The van der Waals surface area contributed by atoms with Crippen molar-refractivity contribution in [3.05, 3.63) is 42.1 Å². The molecule has 0 radical (unpaired) electrons. The summed E-state index contributed by atoms with van der Waals surface area (Å²) >= 11 is 0. The van der Waals surface area contributed by atoms with E-state index in [2.05, 4.69) is 15.4 Å². The topological polar surface area (TPSA) is 121 Å². The van der Waals surface area contributed by atoms with Crippen molar-refractivity contribution in [1.29, 1.82) is 0 Å². The van der Waals surface area contributed by atoms with Gasteiger partial charge >= 0.3 is 12.1 Å². The van der Waals surface area contributed by atoms with Gasteiger partial charge in [0.2, 0.25) is 0 Å². The lowest BCUT2D eigenvalue weighted by Gasteiger charge is -2.20. The van der Waals surface area contributed by atoms with Crippen LogP contribution in [0.3, 0.4) is 0 Å². The minimum atomic E-state index is -0.784. The third-order valence-corrected chi connectivity index (χ3v) is 3.99. The van der Waals surface area contributed by atoms with E-state index < -0.39 is 23.5 Å². The molecule has 0 fully saturated rings. The van der Waals surface area contributed by atoms with Gasteiger partial charge in [-0.25, -0.2) is 23.5 Å². The van der Waals surface area contributed by atoms with Gasteiger partial charge in [-0.3, -0.25) is 5.32 Å². The summed E-state index contributed by atoms with van der Waals surface area (Å²) in [6.45, 7) is 6.95. The zero-order chi connectivity index (χ0) is 22.1. The van der Waals surface area contributed by atoms with Gasteiger partial charge < -0.3 is 15.2 Å². The van der Waals surface area contributed by atoms with Crippen molar-refractivity contribution in [3.8, 4) is 11.1 Å². The number of nitrogen functional groups attached to an aromatic ring is 1. The number of hydrogen-bond acceptors (Lipinski definition) is 7. The number of carbonyl (C=O) groups is 2. The van der Waals surface area contributed by atoms with E-state index in [9.17, 15) is 14.0 Å². The number of nitrogens with zero attached hydrogens (tertiary/aromatic N) is 3. The SMILES string of the molecule is CCOC(=O)c1cn2ncnc(N)c2c1-c1ccc(NC(=O)OC(C)(C)C)c(F)c1. The molecule has 0 atom stereocenters. The summed E-state index contributed by atoms with van der Waals surface area (Å²) in [5.41, 5.74) is 6.36. The van der Waals surface area contributed by atoms with Gasteiger partial charge in [-0.05, 0) is 45.4 Å². The Balaban J connectivity index is 2.05. The van der Waals surface area contributed by atoms with Crippen LogP contribution in [0.1, 0.15) is 38.1 Å². The first kappa shape index (κ1) is 21.0. The van der Waals surface area contributed by atoms with E-state index in [4.69, 9.17) is 15.2 Å². The highest BCUT2D eigenvalue weighted by atomic mass is 19.1. The highest BCUT2D eigenvalue weighted by Crippen LogP contribution is 2.34. The van der Waals surface area contributed by atoms with E-state index in [0.717, 1.165) is 0 Å². The Kier molecular flexibility index (Phi) is 5.59. The lowest BCUT2D eigenvalue weighted by molar-refractivity contribution is 0.0526. The molecular weight excluding hydrogens is 393 g/mol. The molecule has 0 saturated heterocycles. The van der Waals surface area contributed by atoms with Crippen LogP contribution in [-0.4, -0.2) is 38.9 Å². The summed E-state index contributed by atoms with van der Waals surface area (Å²) in [6, 6.07) is 4.09. The van der Waals surface area contributed by atoms with Crippen molar-refractivity contribution in [2.45, 2.75) is 33.3 Å². The molecule has 3 rings (SSSR count). The largest absolute Gasteiger partial charge is 0.462 e. The molecular formula is C20H22FN5O4. The van der Waals surface area contributed by atoms with Crippen LogP contribution in [0, 0.1) is 5.82 Å². The van der Waals surface area contributed by atoms with Crippen molar-refractivity contribution < 1.29 is 23.5 Å². The maximum absolute atomic E-state index is 14.8. The molecule has 3 aromatic rings. The lowest BCUT2D eigenvalue weighted by Crippen LogP contribution is -2.27. The molecule has 0 aliphatic rings. The number of amides is 1. The van der Waals surface area contributed by atoms with Gasteiger partial charge in [0, 0.05) is 11.8 Å². The van der Waals surface area contributed by atoms with Gasteiger partial charge in [-0.2, -0.15) is 5.10 Å². The van der Waals surface area contributed by atoms with Crippen LogP contribution in [0.25, 0.3) is 16.6 Å². The maximum Gasteiger partial charge on any atom is 0.412 e. The monoisotopic (exact) mass is 415 g/mol. The van der Waals surface area contributed by atoms with Gasteiger partial charge in [0.25, 0.3) is 0 Å². The Morgan fingerprint density at radius 3 is 2.67 bits per heavy atom. The summed E-state index contributed by atoms with van der Waals surface area (Å²) in [5.74, 6) is -1.20. The second-order valence-corrected chi connectivity index (χ2v) is 7.40. The average molecular weight is 415 g/mol. The van der Waals surface area contributed by atoms with Gasteiger partial charge in [0.15, 0.2) is 5.82 Å². The maximum atomic E-state index is 14.8. The number of nitrogens with two attached hydrogens (primary N) is 1. The Labute approximate surface area is 172 Å². The number of fused-ring (bicyclic) bond motifs is 1. The average Bonchev–Trinajstić information content (AvgIpc) is 3.03. The number of aromatic nitrogens is 3. The number of anilines is 2. The van der Waals surface area contributed by atoms with Crippen molar-refractivity contribution in [1.82, 2.24) is 14.6 Å². The smallest absolute Gasteiger partial charge is 0.412 e. The molecule has 0 aliphatic heterocycles. The summed E-state index contributed by atoms with van der Waals surface area (Å²) < 4.78 is 26.4. The Morgan fingerprint density at radius 2 is 2.03 bits per heavy atom. The van der Waals surface area contributed by atoms with Crippen LogP contribution in [0.4, 0.5) is 20.7 Å². The Hall–Kier alpha value is -3.69. The molecule has 0 saturated carbocycles.